The van der Waals surface area contributed by atoms with E-state index in [9.17, 15) is 17.6 Å². The van der Waals surface area contributed by atoms with Gasteiger partial charge in [0.25, 0.3) is 5.82 Å². The average Bonchev–Trinajstić information content (AvgIpc) is 2.43. The van der Waals surface area contributed by atoms with Crippen LogP contribution in [0.5, 0.6) is 0 Å². The second-order valence-electron chi connectivity index (χ2n) is 3.60. The van der Waals surface area contributed by atoms with Gasteiger partial charge in [-0.15, -0.1) is 0 Å². The summed E-state index contributed by atoms with van der Waals surface area (Å²) in [5, 5.41) is -4.50. The van der Waals surface area contributed by atoms with Crippen LogP contribution < -0.4 is 4.57 Å². The quantitative estimate of drug-likeness (QED) is 0.446. The molecule has 0 fully saturated rings. The highest BCUT2D eigenvalue weighted by molar-refractivity contribution is 6.22. The van der Waals surface area contributed by atoms with Crippen molar-refractivity contribution in [1.29, 1.82) is 0 Å². The molecule has 0 aliphatic rings. The van der Waals surface area contributed by atoms with E-state index in [-0.39, 0.29) is 6.54 Å². The van der Waals surface area contributed by atoms with E-state index >= 15 is 0 Å². The van der Waals surface area contributed by atoms with Gasteiger partial charge in [0.05, 0.1) is 20.0 Å². The van der Waals surface area contributed by atoms with E-state index in [1.807, 2.05) is 0 Å². The summed E-state index contributed by atoms with van der Waals surface area (Å²) in [5.74, 6) is -3.50. The lowest BCUT2D eigenvalue weighted by molar-refractivity contribution is -0.677. The normalized spacial score (nSPS) is 13.2. The number of nitrogens with zero attached hydrogens (tertiary/aromatic N) is 2. The Morgan fingerprint density at radius 2 is 1.94 bits per heavy atom. The van der Waals surface area contributed by atoms with Crippen molar-refractivity contribution >= 4 is 11.6 Å². The summed E-state index contributed by atoms with van der Waals surface area (Å²) in [6.45, 7) is 1.50. The lowest BCUT2D eigenvalue weighted by Crippen LogP contribution is -2.37. The van der Waals surface area contributed by atoms with Crippen molar-refractivity contribution in [3.8, 4) is 0 Å². The molecule has 0 bridgehead atoms. The fourth-order valence-electron chi connectivity index (χ4n) is 1.24. The zero-order valence-electron chi connectivity index (χ0n) is 8.85. The number of halogens is 5. The smallest absolute Gasteiger partial charge is 0.237 e. The van der Waals surface area contributed by atoms with Gasteiger partial charge in [-0.3, -0.25) is 0 Å². The molecule has 1 aromatic rings. The lowest BCUT2D eigenvalue weighted by Gasteiger charge is -2.19. The van der Waals surface area contributed by atoms with E-state index < -0.39 is 17.7 Å². The highest BCUT2D eigenvalue weighted by atomic mass is 35.5. The monoisotopic (exact) mass is 259 g/mol. The summed E-state index contributed by atoms with van der Waals surface area (Å²) in [7, 11) is 1.74. The van der Waals surface area contributed by atoms with Gasteiger partial charge in [0.2, 0.25) is 0 Å². The van der Waals surface area contributed by atoms with Crippen LogP contribution in [0, 0.1) is 6.92 Å². The highest BCUT2D eigenvalue weighted by Crippen LogP contribution is 2.40. The summed E-state index contributed by atoms with van der Waals surface area (Å²) >= 11 is 4.34. The number of alkyl halides is 5. The van der Waals surface area contributed by atoms with Crippen molar-refractivity contribution in [2.24, 2.45) is 7.05 Å². The Kier molecular flexibility index (Phi) is 3.52. The molecule has 16 heavy (non-hydrogen) atoms. The lowest BCUT2D eigenvalue weighted by atomic mass is 10.2. The third-order valence-electron chi connectivity index (χ3n) is 2.48. The number of hydrogen-bond donors (Lipinski definition) is 0. The van der Waals surface area contributed by atoms with Crippen LogP contribution in [0.1, 0.15) is 12.2 Å². The van der Waals surface area contributed by atoms with E-state index in [1.54, 1.807) is 30.9 Å². The molecule has 0 amide bonds. The van der Waals surface area contributed by atoms with Crippen molar-refractivity contribution in [2.75, 3.05) is 0 Å². The van der Waals surface area contributed by atoms with Gasteiger partial charge in [-0.2, -0.15) is 17.6 Å². The number of aromatic nitrogens is 2. The summed E-state index contributed by atoms with van der Waals surface area (Å²) in [4.78, 5) is 0. The van der Waals surface area contributed by atoms with Crippen LogP contribution in [0.15, 0.2) is 12.4 Å². The third-order valence-corrected chi connectivity index (χ3v) is 2.75. The maximum Gasteiger partial charge on any atom is 0.384 e. The highest BCUT2D eigenvalue weighted by Gasteiger charge is 2.54. The molecular weight excluding hydrogens is 248 g/mol. The first-order valence-electron chi connectivity index (χ1n) is 4.61. The molecule has 1 rings (SSSR count). The van der Waals surface area contributed by atoms with Gasteiger partial charge in [0.1, 0.15) is 12.4 Å². The van der Waals surface area contributed by atoms with Crippen LogP contribution in [0.4, 0.5) is 17.6 Å². The first-order chi connectivity index (χ1) is 7.15. The number of hydrogen-bond acceptors (Lipinski definition) is 0. The van der Waals surface area contributed by atoms with E-state index in [0.717, 1.165) is 0 Å². The number of imidazole rings is 1. The van der Waals surface area contributed by atoms with Crippen molar-refractivity contribution < 1.29 is 22.1 Å². The Balaban J connectivity index is 2.69. The van der Waals surface area contributed by atoms with Crippen LogP contribution in [-0.4, -0.2) is 15.9 Å². The minimum absolute atomic E-state index is 0.206. The Morgan fingerprint density at radius 1 is 1.38 bits per heavy atom. The molecule has 0 aromatic carbocycles. The molecule has 92 valence electrons. The number of rotatable bonds is 4. The summed E-state index contributed by atoms with van der Waals surface area (Å²) in [6, 6.07) is 0. The topological polar surface area (TPSA) is 8.81 Å². The molecular formula is C9H12ClF4N2+. The van der Waals surface area contributed by atoms with Gasteiger partial charge in [0.15, 0.2) is 0 Å². The molecule has 0 aliphatic heterocycles. The summed E-state index contributed by atoms with van der Waals surface area (Å²) in [6.07, 6.45) is 2.21. The zero-order valence-corrected chi connectivity index (χ0v) is 9.61. The van der Waals surface area contributed by atoms with Crippen LogP contribution in [0.3, 0.4) is 0 Å². The fourth-order valence-corrected chi connectivity index (χ4v) is 1.33. The second kappa shape index (κ2) is 4.24. The predicted molar refractivity (Wildman–Crippen MR) is 50.7 cm³/mol. The van der Waals surface area contributed by atoms with Crippen LogP contribution in [0.2, 0.25) is 0 Å². The van der Waals surface area contributed by atoms with E-state index in [2.05, 4.69) is 11.6 Å². The maximum atomic E-state index is 12.9. The third kappa shape index (κ3) is 2.66. The second-order valence-corrected chi connectivity index (χ2v) is 4.08. The fraction of sp³-hybridized carbons (Fsp3) is 0.667. The molecule has 0 aliphatic carbocycles. The first kappa shape index (κ1) is 13.3. The van der Waals surface area contributed by atoms with Gasteiger partial charge in [0, 0.05) is 6.92 Å². The standard InChI is InChI=1S/C9H12ClF4N2/c1-7-15(2)5-6-16(7)4-3-8(11,12)9(10,13)14/h5-6H,3-4H2,1-2H3/q+1. The van der Waals surface area contributed by atoms with Crippen molar-refractivity contribution in [1.82, 2.24) is 4.57 Å². The predicted octanol–water partition coefficient (Wildman–Crippen LogP) is 2.48. The van der Waals surface area contributed by atoms with Crippen molar-refractivity contribution in [3.05, 3.63) is 18.2 Å². The Morgan fingerprint density at radius 3 is 2.31 bits per heavy atom. The van der Waals surface area contributed by atoms with Gasteiger partial charge >= 0.3 is 11.3 Å². The van der Waals surface area contributed by atoms with E-state index in [4.69, 9.17) is 0 Å². The molecule has 0 radical (unpaired) electrons. The molecule has 0 atom stereocenters. The Bertz CT molecular complexity index is 370. The maximum absolute atomic E-state index is 12.9. The van der Waals surface area contributed by atoms with Gasteiger partial charge < -0.3 is 0 Å². The van der Waals surface area contributed by atoms with Gasteiger partial charge in [-0.1, -0.05) is 0 Å². The van der Waals surface area contributed by atoms with Crippen LogP contribution in [-0.2, 0) is 13.6 Å². The van der Waals surface area contributed by atoms with Crippen LogP contribution in [0.25, 0.3) is 0 Å². The first-order valence-corrected chi connectivity index (χ1v) is 4.99. The van der Waals surface area contributed by atoms with Gasteiger partial charge in [-0.05, 0) is 11.6 Å². The average molecular weight is 260 g/mol. The minimum Gasteiger partial charge on any atom is -0.237 e. The van der Waals surface area contributed by atoms with Gasteiger partial charge in [-0.25, -0.2) is 9.13 Å². The van der Waals surface area contributed by atoms with Crippen molar-refractivity contribution in [2.45, 2.75) is 31.2 Å². The summed E-state index contributed by atoms with van der Waals surface area (Å²) < 4.78 is 53.5. The Hall–Kier alpha value is -0.780. The molecule has 7 heteroatoms. The molecule has 1 aromatic heterocycles. The minimum atomic E-state index is -4.50. The van der Waals surface area contributed by atoms with Crippen LogP contribution >= 0.6 is 11.6 Å². The molecule has 0 N–H and O–H groups in total. The molecule has 0 spiro atoms. The molecule has 1 heterocycles. The zero-order chi connectivity index (χ0) is 12.6. The molecule has 0 saturated heterocycles. The molecule has 2 nitrogen and oxygen atoms in total. The Labute approximate surface area is 95.4 Å². The summed E-state index contributed by atoms with van der Waals surface area (Å²) in [5.41, 5.74) is 0. The molecule has 0 unspecified atom stereocenters. The largest absolute Gasteiger partial charge is 0.384 e. The van der Waals surface area contributed by atoms with E-state index in [1.165, 1.54) is 4.57 Å². The van der Waals surface area contributed by atoms with Crippen molar-refractivity contribution in [3.63, 3.8) is 0 Å². The number of aryl methyl sites for hydroxylation is 2. The van der Waals surface area contributed by atoms with E-state index in [0.29, 0.717) is 5.82 Å². The molecule has 0 saturated carbocycles. The SMILES string of the molecule is Cc1n(CCC(F)(F)C(F)(F)Cl)cc[n+]1C.